The van der Waals surface area contributed by atoms with Crippen LogP contribution in [0.25, 0.3) is 11.2 Å². The first-order chi connectivity index (χ1) is 13.8. The first-order valence-corrected chi connectivity index (χ1v) is 9.95. The Balaban J connectivity index is 1.96. The van der Waals surface area contributed by atoms with Crippen LogP contribution in [0.3, 0.4) is 0 Å². The summed E-state index contributed by atoms with van der Waals surface area (Å²) in [5.74, 6) is 0.653. The maximum atomic E-state index is 13.0. The molecule has 4 rings (SSSR count). The van der Waals surface area contributed by atoms with E-state index >= 15 is 0 Å². The van der Waals surface area contributed by atoms with Crippen LogP contribution in [0.2, 0.25) is 5.02 Å². The zero-order valence-electron chi connectivity index (χ0n) is 16.9. The Morgan fingerprint density at radius 2 is 1.83 bits per heavy atom. The largest absolute Gasteiger partial charge is 0.372 e. The number of ether oxygens (including phenoxy) is 1. The number of halogens is 1. The van der Waals surface area contributed by atoms with Crippen molar-refractivity contribution in [1.29, 1.82) is 0 Å². The molecule has 1 aliphatic heterocycles. The normalized spacial score (nSPS) is 19.8. The molecule has 1 aliphatic rings. The number of morpholine rings is 1. The summed E-state index contributed by atoms with van der Waals surface area (Å²) in [7, 11) is 3.12. The lowest BCUT2D eigenvalue weighted by Gasteiger charge is -2.36. The molecule has 2 atom stereocenters. The first kappa shape index (κ1) is 19.7. The molecule has 0 radical (unpaired) electrons. The molecule has 2 unspecified atom stereocenters. The van der Waals surface area contributed by atoms with Gasteiger partial charge in [0.25, 0.3) is 5.56 Å². The van der Waals surface area contributed by atoms with Crippen molar-refractivity contribution in [3.8, 4) is 0 Å². The van der Waals surface area contributed by atoms with Crippen LogP contribution in [0.1, 0.15) is 19.4 Å². The van der Waals surface area contributed by atoms with Crippen LogP contribution >= 0.6 is 11.6 Å². The molecule has 1 saturated heterocycles. The van der Waals surface area contributed by atoms with Crippen molar-refractivity contribution in [3.05, 3.63) is 55.7 Å². The van der Waals surface area contributed by atoms with E-state index in [1.807, 2.05) is 42.7 Å². The topological polar surface area (TPSA) is 74.3 Å². The van der Waals surface area contributed by atoms with Crippen molar-refractivity contribution in [2.24, 2.45) is 14.1 Å². The molecule has 8 nitrogen and oxygen atoms in total. The highest BCUT2D eigenvalue weighted by molar-refractivity contribution is 6.30. The number of hydrogen-bond acceptors (Lipinski definition) is 5. The molecule has 0 spiro atoms. The maximum absolute atomic E-state index is 13.0. The van der Waals surface area contributed by atoms with Gasteiger partial charge in [0.2, 0.25) is 5.95 Å². The number of anilines is 1. The van der Waals surface area contributed by atoms with Crippen LogP contribution in [0.5, 0.6) is 0 Å². The van der Waals surface area contributed by atoms with E-state index in [1.54, 1.807) is 7.05 Å². The fourth-order valence-corrected chi connectivity index (χ4v) is 4.20. The highest BCUT2D eigenvalue weighted by Crippen LogP contribution is 2.25. The van der Waals surface area contributed by atoms with Crippen molar-refractivity contribution in [3.63, 3.8) is 0 Å². The number of imidazole rings is 1. The summed E-state index contributed by atoms with van der Waals surface area (Å²) in [6.45, 7) is 5.75. The SMILES string of the molecule is CC1CN(c2nc3c(c(=O)n(C)c(=O)n3C)n2Cc2cccc(Cl)c2)CC(C)O1. The molecule has 0 amide bonds. The van der Waals surface area contributed by atoms with Gasteiger partial charge < -0.3 is 9.64 Å². The van der Waals surface area contributed by atoms with Crippen molar-refractivity contribution in [1.82, 2.24) is 18.7 Å². The van der Waals surface area contributed by atoms with Crippen LogP contribution in [0.15, 0.2) is 33.9 Å². The van der Waals surface area contributed by atoms with Crippen molar-refractivity contribution in [2.45, 2.75) is 32.6 Å². The van der Waals surface area contributed by atoms with E-state index in [4.69, 9.17) is 21.3 Å². The Bertz CT molecular complexity index is 1190. The van der Waals surface area contributed by atoms with Crippen LogP contribution in [0, 0.1) is 0 Å². The van der Waals surface area contributed by atoms with Gasteiger partial charge in [0.1, 0.15) is 0 Å². The van der Waals surface area contributed by atoms with E-state index in [9.17, 15) is 9.59 Å². The number of benzene rings is 1. The number of fused-ring (bicyclic) bond motifs is 1. The third-order valence-corrected chi connectivity index (χ3v) is 5.50. The summed E-state index contributed by atoms with van der Waals surface area (Å²) in [5, 5.41) is 0.627. The van der Waals surface area contributed by atoms with E-state index < -0.39 is 5.69 Å². The molecule has 3 aromatic rings. The maximum Gasteiger partial charge on any atom is 0.332 e. The molecule has 1 fully saturated rings. The standard InChI is InChI=1S/C20H24ClN5O3/c1-12-9-25(10-13(2)29-12)19-22-17-16(18(27)24(4)20(28)23(17)3)26(19)11-14-6-5-7-15(21)8-14/h5-8,12-13H,9-11H2,1-4H3. The smallest absolute Gasteiger partial charge is 0.332 e. The van der Waals surface area contributed by atoms with Gasteiger partial charge in [-0.25, -0.2) is 4.79 Å². The zero-order valence-corrected chi connectivity index (χ0v) is 17.7. The lowest BCUT2D eigenvalue weighted by molar-refractivity contribution is -0.00585. The Hall–Kier alpha value is -2.58. The van der Waals surface area contributed by atoms with Crippen molar-refractivity contribution < 1.29 is 4.74 Å². The fraction of sp³-hybridized carbons (Fsp3) is 0.450. The van der Waals surface area contributed by atoms with Crippen molar-refractivity contribution >= 4 is 28.7 Å². The minimum Gasteiger partial charge on any atom is -0.372 e. The number of rotatable bonds is 3. The minimum atomic E-state index is -0.398. The number of nitrogens with zero attached hydrogens (tertiary/aromatic N) is 5. The predicted octanol–water partition coefficient (Wildman–Crippen LogP) is 1.75. The predicted molar refractivity (Wildman–Crippen MR) is 113 cm³/mol. The van der Waals surface area contributed by atoms with Gasteiger partial charge >= 0.3 is 5.69 Å². The van der Waals surface area contributed by atoms with E-state index in [0.717, 1.165) is 10.1 Å². The molecule has 9 heteroatoms. The summed E-state index contributed by atoms with van der Waals surface area (Å²) in [6, 6.07) is 7.52. The summed E-state index contributed by atoms with van der Waals surface area (Å²) >= 11 is 6.17. The molecular formula is C20H24ClN5O3. The zero-order chi connectivity index (χ0) is 20.9. The van der Waals surface area contributed by atoms with Gasteiger partial charge in [0.05, 0.1) is 18.8 Å². The van der Waals surface area contributed by atoms with Gasteiger partial charge in [-0.15, -0.1) is 0 Å². The Kier molecular flexibility index (Phi) is 5.00. The number of hydrogen-bond donors (Lipinski definition) is 0. The molecule has 0 saturated carbocycles. The summed E-state index contributed by atoms with van der Waals surface area (Å²) in [5.41, 5.74) is 0.963. The average Bonchev–Trinajstić information content (AvgIpc) is 3.03. The molecule has 0 N–H and O–H groups in total. The third kappa shape index (κ3) is 3.47. The number of aromatic nitrogens is 4. The molecule has 0 bridgehead atoms. The molecule has 0 aliphatic carbocycles. The van der Waals surface area contributed by atoms with E-state index in [1.165, 1.54) is 11.6 Å². The quantitative estimate of drug-likeness (QED) is 0.649. The van der Waals surface area contributed by atoms with E-state index in [-0.39, 0.29) is 17.8 Å². The number of aryl methyl sites for hydroxylation is 1. The second kappa shape index (κ2) is 7.35. The first-order valence-electron chi connectivity index (χ1n) is 9.57. The monoisotopic (exact) mass is 417 g/mol. The second-order valence-electron chi connectivity index (χ2n) is 7.67. The lowest BCUT2D eigenvalue weighted by Crippen LogP contribution is -2.46. The van der Waals surface area contributed by atoms with Gasteiger partial charge in [-0.3, -0.25) is 18.5 Å². The molecular weight excluding hydrogens is 394 g/mol. The summed E-state index contributed by atoms with van der Waals surface area (Å²) in [6.07, 6.45) is 0.0645. The average molecular weight is 418 g/mol. The summed E-state index contributed by atoms with van der Waals surface area (Å²) < 4.78 is 10.3. The van der Waals surface area contributed by atoms with Crippen molar-refractivity contribution in [2.75, 3.05) is 18.0 Å². The van der Waals surface area contributed by atoms with E-state index in [0.29, 0.717) is 41.8 Å². The Labute approximate surface area is 172 Å². The molecule has 1 aromatic carbocycles. The Morgan fingerprint density at radius 3 is 2.48 bits per heavy atom. The van der Waals surface area contributed by atoms with Gasteiger partial charge in [-0.2, -0.15) is 4.98 Å². The van der Waals surface area contributed by atoms with Gasteiger partial charge in [0.15, 0.2) is 11.2 Å². The van der Waals surface area contributed by atoms with Gasteiger partial charge in [-0.05, 0) is 31.5 Å². The lowest BCUT2D eigenvalue weighted by atomic mass is 10.2. The molecule has 3 heterocycles. The Morgan fingerprint density at radius 1 is 1.14 bits per heavy atom. The van der Waals surface area contributed by atoms with Crippen LogP contribution in [-0.4, -0.2) is 44.0 Å². The summed E-state index contributed by atoms with van der Waals surface area (Å²) in [4.78, 5) is 32.3. The molecule has 2 aromatic heterocycles. The van der Waals surface area contributed by atoms with Crippen LogP contribution in [0.4, 0.5) is 5.95 Å². The van der Waals surface area contributed by atoms with Gasteiger partial charge in [0, 0.05) is 32.2 Å². The highest BCUT2D eigenvalue weighted by atomic mass is 35.5. The molecule has 154 valence electrons. The second-order valence-corrected chi connectivity index (χ2v) is 8.10. The molecule has 29 heavy (non-hydrogen) atoms. The van der Waals surface area contributed by atoms with E-state index in [2.05, 4.69) is 4.90 Å². The van der Waals surface area contributed by atoms with Crippen LogP contribution in [-0.2, 0) is 25.4 Å². The highest BCUT2D eigenvalue weighted by Gasteiger charge is 2.28. The third-order valence-electron chi connectivity index (χ3n) is 5.26. The van der Waals surface area contributed by atoms with Crippen LogP contribution < -0.4 is 16.1 Å². The minimum absolute atomic E-state index is 0.0323. The van der Waals surface area contributed by atoms with Gasteiger partial charge in [-0.1, -0.05) is 23.7 Å². The fourth-order valence-electron chi connectivity index (χ4n) is 3.99.